The van der Waals surface area contributed by atoms with E-state index in [2.05, 4.69) is 0 Å². The van der Waals surface area contributed by atoms with Crippen LogP contribution in [0.3, 0.4) is 0 Å². The number of benzene rings is 1. The summed E-state index contributed by atoms with van der Waals surface area (Å²) in [5, 5.41) is 18.2. The van der Waals surface area contributed by atoms with Crippen LogP contribution in [-0.4, -0.2) is 41.7 Å². The summed E-state index contributed by atoms with van der Waals surface area (Å²) in [6, 6.07) is 5.20. The molecule has 0 unspecified atom stereocenters. The maximum absolute atomic E-state index is 11.5. The number of ether oxygens (including phenoxy) is 2. The van der Waals surface area contributed by atoms with Gasteiger partial charge in [-0.15, -0.1) is 0 Å². The Bertz CT molecular complexity index is 744. The summed E-state index contributed by atoms with van der Waals surface area (Å²) in [4.78, 5) is 33.6. The number of carbonyl (C=O) groups is 3. The number of aliphatic carboxylic acids is 2. The normalized spacial score (nSPS) is 26.5. The van der Waals surface area contributed by atoms with Gasteiger partial charge in [-0.3, -0.25) is 14.4 Å². The van der Waals surface area contributed by atoms with Crippen molar-refractivity contribution in [2.24, 2.45) is 23.7 Å². The fourth-order valence-electron chi connectivity index (χ4n) is 4.41. The van der Waals surface area contributed by atoms with Crippen molar-refractivity contribution < 1.29 is 34.1 Å². The summed E-state index contributed by atoms with van der Waals surface area (Å²) >= 11 is 0. The van der Waals surface area contributed by atoms with Crippen molar-refractivity contribution in [2.75, 3.05) is 13.2 Å². The van der Waals surface area contributed by atoms with Gasteiger partial charge >= 0.3 is 11.9 Å². The lowest BCUT2D eigenvalue weighted by Crippen LogP contribution is -2.24. The molecule has 2 aliphatic rings. The molecule has 0 amide bonds. The van der Waals surface area contributed by atoms with E-state index in [1.165, 1.54) is 0 Å². The zero-order valence-electron chi connectivity index (χ0n) is 17.1. The Balaban J connectivity index is 1.46. The molecule has 2 N–H and O–H groups in total. The molecule has 2 fully saturated rings. The monoisotopic (exact) mass is 418 g/mol. The van der Waals surface area contributed by atoms with Crippen molar-refractivity contribution in [1.82, 2.24) is 0 Å². The molecule has 7 heteroatoms. The van der Waals surface area contributed by atoms with Gasteiger partial charge in [0.05, 0.1) is 30.6 Å². The topological polar surface area (TPSA) is 110 Å². The molecule has 3 rings (SSSR count). The van der Waals surface area contributed by atoms with E-state index in [1.54, 1.807) is 18.2 Å². The Labute approximate surface area is 176 Å². The van der Waals surface area contributed by atoms with Crippen LogP contribution in [0.15, 0.2) is 18.2 Å². The van der Waals surface area contributed by atoms with Crippen LogP contribution in [0.25, 0.3) is 0 Å². The van der Waals surface area contributed by atoms with Crippen LogP contribution >= 0.6 is 0 Å². The molecule has 0 radical (unpaired) electrons. The smallest absolute Gasteiger partial charge is 0.306 e. The van der Waals surface area contributed by atoms with Crippen molar-refractivity contribution in [3.8, 4) is 11.5 Å². The molecule has 0 spiro atoms. The molecule has 1 aromatic carbocycles. The lowest BCUT2D eigenvalue weighted by atomic mass is 9.82. The maximum atomic E-state index is 11.5. The molecule has 0 saturated heterocycles. The first-order valence-electron chi connectivity index (χ1n) is 10.8. The van der Waals surface area contributed by atoms with Crippen LogP contribution in [-0.2, 0) is 9.59 Å². The van der Waals surface area contributed by atoms with Crippen LogP contribution in [0.2, 0.25) is 0 Å². The van der Waals surface area contributed by atoms with Gasteiger partial charge in [0.2, 0.25) is 0 Å². The fourth-order valence-corrected chi connectivity index (χ4v) is 4.41. The zero-order chi connectivity index (χ0) is 21.5. The van der Waals surface area contributed by atoms with Crippen molar-refractivity contribution in [3.63, 3.8) is 0 Å². The standard InChI is InChI=1S/C23H30O7/c24-12-19-11-20(29-13-15-1-5-17(6-2-15)22(25)26)9-10-21(19)30-14-16-3-7-18(8-4-16)23(27)28/h9-12,15-18H,1-8,13-14H2,(H,25,26)(H,27,28). The highest BCUT2D eigenvalue weighted by atomic mass is 16.5. The van der Waals surface area contributed by atoms with Crippen LogP contribution < -0.4 is 9.47 Å². The van der Waals surface area contributed by atoms with Gasteiger partial charge in [0.1, 0.15) is 11.5 Å². The zero-order valence-corrected chi connectivity index (χ0v) is 17.1. The maximum Gasteiger partial charge on any atom is 0.306 e. The summed E-state index contributed by atoms with van der Waals surface area (Å²) in [7, 11) is 0. The van der Waals surface area contributed by atoms with E-state index in [1.807, 2.05) is 0 Å². The van der Waals surface area contributed by atoms with Gasteiger partial charge in [-0.25, -0.2) is 0 Å². The number of aldehydes is 1. The van der Waals surface area contributed by atoms with E-state index in [4.69, 9.17) is 19.7 Å². The predicted octanol–water partition coefficient (Wildman–Crippen LogP) is 4.04. The number of carboxylic acids is 2. The fraction of sp³-hybridized carbons (Fsp3) is 0.609. The molecule has 0 bridgehead atoms. The molecule has 2 saturated carbocycles. The van der Waals surface area contributed by atoms with Gasteiger partial charge in [0.25, 0.3) is 0 Å². The quantitative estimate of drug-likeness (QED) is 0.582. The predicted molar refractivity (Wildman–Crippen MR) is 109 cm³/mol. The van der Waals surface area contributed by atoms with Crippen molar-refractivity contribution in [1.29, 1.82) is 0 Å². The summed E-state index contributed by atoms with van der Waals surface area (Å²) < 4.78 is 11.7. The van der Waals surface area contributed by atoms with Gasteiger partial charge in [-0.05, 0) is 81.4 Å². The lowest BCUT2D eigenvalue weighted by Gasteiger charge is -2.26. The van der Waals surface area contributed by atoms with Gasteiger partial charge in [0, 0.05) is 0 Å². The molecular weight excluding hydrogens is 388 g/mol. The average molecular weight is 418 g/mol. The third kappa shape index (κ3) is 5.97. The number of hydrogen-bond donors (Lipinski definition) is 2. The molecule has 0 aromatic heterocycles. The van der Waals surface area contributed by atoms with Crippen LogP contribution in [0, 0.1) is 23.7 Å². The van der Waals surface area contributed by atoms with E-state index in [0.717, 1.165) is 32.0 Å². The number of rotatable bonds is 9. The van der Waals surface area contributed by atoms with Crippen molar-refractivity contribution in [3.05, 3.63) is 23.8 Å². The average Bonchev–Trinajstić information content (AvgIpc) is 2.77. The molecular formula is C23H30O7. The summed E-state index contributed by atoms with van der Waals surface area (Å²) in [5.74, 6) is -0.167. The SMILES string of the molecule is O=Cc1cc(OCC2CCC(C(=O)O)CC2)ccc1OCC1CCC(C(=O)O)CC1. The summed E-state index contributed by atoms with van der Waals surface area (Å²) in [6.45, 7) is 0.984. The van der Waals surface area contributed by atoms with E-state index in [0.29, 0.717) is 67.8 Å². The first-order chi connectivity index (χ1) is 14.5. The molecule has 7 nitrogen and oxygen atoms in total. The second kappa shape index (κ2) is 10.5. The minimum Gasteiger partial charge on any atom is -0.493 e. The summed E-state index contributed by atoms with van der Waals surface area (Å²) in [6.07, 6.45) is 6.77. The highest BCUT2D eigenvalue weighted by molar-refractivity contribution is 5.80. The van der Waals surface area contributed by atoms with Crippen molar-refractivity contribution in [2.45, 2.75) is 51.4 Å². The number of hydrogen-bond acceptors (Lipinski definition) is 5. The Morgan fingerprint density at radius 2 is 1.33 bits per heavy atom. The van der Waals surface area contributed by atoms with E-state index >= 15 is 0 Å². The van der Waals surface area contributed by atoms with E-state index in [-0.39, 0.29) is 11.8 Å². The largest absolute Gasteiger partial charge is 0.493 e. The number of carbonyl (C=O) groups excluding carboxylic acids is 1. The second-order valence-corrected chi connectivity index (χ2v) is 8.55. The van der Waals surface area contributed by atoms with Gasteiger partial charge in [0.15, 0.2) is 6.29 Å². The minimum atomic E-state index is -0.719. The highest BCUT2D eigenvalue weighted by Gasteiger charge is 2.27. The minimum absolute atomic E-state index is 0.237. The third-order valence-electron chi connectivity index (χ3n) is 6.46. The Kier molecular flexibility index (Phi) is 7.71. The Hall–Kier alpha value is -2.57. The first kappa shape index (κ1) is 22.1. The van der Waals surface area contributed by atoms with Gasteiger partial charge < -0.3 is 19.7 Å². The van der Waals surface area contributed by atoms with Crippen LogP contribution in [0.1, 0.15) is 61.7 Å². The van der Waals surface area contributed by atoms with Crippen LogP contribution in [0.4, 0.5) is 0 Å². The molecule has 30 heavy (non-hydrogen) atoms. The van der Waals surface area contributed by atoms with E-state index < -0.39 is 11.9 Å². The molecule has 0 heterocycles. The highest BCUT2D eigenvalue weighted by Crippen LogP contribution is 2.32. The second-order valence-electron chi connectivity index (χ2n) is 8.55. The number of carboxylic acid groups (broad SMARTS) is 2. The summed E-state index contributed by atoms with van der Waals surface area (Å²) in [5.41, 5.74) is 0.432. The van der Waals surface area contributed by atoms with Crippen LogP contribution in [0.5, 0.6) is 11.5 Å². The lowest BCUT2D eigenvalue weighted by molar-refractivity contribution is -0.144. The van der Waals surface area contributed by atoms with E-state index in [9.17, 15) is 14.4 Å². The first-order valence-corrected chi connectivity index (χ1v) is 10.8. The molecule has 0 atom stereocenters. The molecule has 164 valence electrons. The van der Waals surface area contributed by atoms with Crippen molar-refractivity contribution >= 4 is 18.2 Å². The van der Waals surface area contributed by atoms with Gasteiger partial charge in [-0.1, -0.05) is 0 Å². The molecule has 0 aliphatic heterocycles. The molecule has 2 aliphatic carbocycles. The Morgan fingerprint density at radius 1 is 0.833 bits per heavy atom. The van der Waals surface area contributed by atoms with Gasteiger partial charge in [-0.2, -0.15) is 0 Å². The third-order valence-corrected chi connectivity index (χ3v) is 6.46. The Morgan fingerprint density at radius 3 is 1.80 bits per heavy atom. The molecule has 1 aromatic rings.